The molecular weight excluding hydrogens is 210 g/mol. The van der Waals surface area contributed by atoms with Crippen LogP contribution in [0.2, 0.25) is 0 Å². The highest BCUT2D eigenvalue weighted by molar-refractivity contribution is 7.99. The van der Waals surface area contributed by atoms with Gasteiger partial charge < -0.3 is 9.84 Å². The van der Waals surface area contributed by atoms with E-state index in [-0.39, 0.29) is 0 Å². The van der Waals surface area contributed by atoms with Crippen LogP contribution in [0.25, 0.3) is 0 Å². The Morgan fingerprint density at radius 3 is 3.07 bits per heavy atom. The fourth-order valence-corrected chi connectivity index (χ4v) is 2.21. The molecule has 0 aliphatic heterocycles. The molecule has 1 rings (SSSR count). The van der Waals surface area contributed by atoms with E-state index in [1.54, 1.807) is 32.0 Å². The molecule has 0 radical (unpaired) electrons. The van der Waals surface area contributed by atoms with Gasteiger partial charge in [0.25, 0.3) is 0 Å². The summed E-state index contributed by atoms with van der Waals surface area (Å²) in [7, 11) is 1.70. The lowest BCUT2D eigenvalue weighted by Crippen LogP contribution is -1.97. The molecule has 15 heavy (non-hydrogen) atoms. The van der Waals surface area contributed by atoms with Crippen molar-refractivity contribution in [2.24, 2.45) is 0 Å². The van der Waals surface area contributed by atoms with Crippen LogP contribution in [0.4, 0.5) is 0 Å². The van der Waals surface area contributed by atoms with Gasteiger partial charge in [0.15, 0.2) is 0 Å². The van der Waals surface area contributed by atoms with Crippen LogP contribution in [0.5, 0.6) is 0 Å². The third-order valence-corrected chi connectivity index (χ3v) is 3.09. The van der Waals surface area contributed by atoms with E-state index in [0.717, 1.165) is 29.4 Å². The standard InChI is InChI=1S/C11H17NO2S/c1-9(13)10-5-3-6-12-11(10)15-8-4-7-14-2/h3,5-6,9,13H,4,7-8H2,1-2H3/t9-/m0/s1. The number of thioether (sulfide) groups is 1. The van der Waals surface area contributed by atoms with Gasteiger partial charge in [-0.25, -0.2) is 4.98 Å². The summed E-state index contributed by atoms with van der Waals surface area (Å²) in [6.07, 6.45) is 2.30. The van der Waals surface area contributed by atoms with Crippen molar-refractivity contribution >= 4 is 11.8 Å². The SMILES string of the molecule is COCCCSc1ncccc1[C@H](C)O. The third-order valence-electron chi connectivity index (χ3n) is 1.98. The van der Waals surface area contributed by atoms with Gasteiger partial charge in [0, 0.05) is 31.2 Å². The first-order valence-electron chi connectivity index (χ1n) is 5.00. The van der Waals surface area contributed by atoms with Crippen LogP contribution in [0.1, 0.15) is 25.0 Å². The quantitative estimate of drug-likeness (QED) is 0.598. The zero-order valence-corrected chi connectivity index (χ0v) is 9.96. The molecule has 0 bridgehead atoms. The number of methoxy groups -OCH3 is 1. The molecule has 0 aliphatic rings. The summed E-state index contributed by atoms with van der Waals surface area (Å²) in [5.41, 5.74) is 0.903. The summed E-state index contributed by atoms with van der Waals surface area (Å²) < 4.78 is 4.97. The van der Waals surface area contributed by atoms with Gasteiger partial charge in [0.2, 0.25) is 0 Å². The molecule has 1 aromatic heterocycles. The van der Waals surface area contributed by atoms with Gasteiger partial charge in [0.05, 0.1) is 6.10 Å². The minimum atomic E-state index is -0.455. The van der Waals surface area contributed by atoms with E-state index in [4.69, 9.17) is 4.74 Å². The molecule has 0 unspecified atom stereocenters. The number of nitrogens with zero attached hydrogens (tertiary/aromatic N) is 1. The zero-order valence-electron chi connectivity index (χ0n) is 9.14. The van der Waals surface area contributed by atoms with Gasteiger partial charge in [-0.1, -0.05) is 6.07 Å². The maximum absolute atomic E-state index is 9.53. The lowest BCUT2D eigenvalue weighted by Gasteiger charge is -2.09. The zero-order chi connectivity index (χ0) is 11.1. The van der Waals surface area contributed by atoms with Crippen molar-refractivity contribution in [3.8, 4) is 0 Å². The molecule has 1 aromatic rings. The van der Waals surface area contributed by atoms with Gasteiger partial charge in [-0.05, 0) is 19.4 Å². The summed E-state index contributed by atoms with van der Waals surface area (Å²) in [4.78, 5) is 4.26. The Balaban J connectivity index is 2.52. The molecule has 0 saturated heterocycles. The van der Waals surface area contributed by atoms with Crippen LogP contribution >= 0.6 is 11.8 Å². The molecule has 0 fully saturated rings. The topological polar surface area (TPSA) is 42.4 Å². The van der Waals surface area contributed by atoms with Crippen molar-refractivity contribution in [2.75, 3.05) is 19.5 Å². The van der Waals surface area contributed by atoms with E-state index in [0.29, 0.717) is 0 Å². The van der Waals surface area contributed by atoms with Crippen molar-refractivity contribution in [3.63, 3.8) is 0 Å². The maximum atomic E-state index is 9.53. The van der Waals surface area contributed by atoms with E-state index < -0.39 is 6.10 Å². The number of aliphatic hydroxyl groups excluding tert-OH is 1. The first-order valence-corrected chi connectivity index (χ1v) is 5.99. The number of ether oxygens (including phenoxy) is 1. The van der Waals surface area contributed by atoms with E-state index >= 15 is 0 Å². The number of pyridine rings is 1. The summed E-state index contributed by atoms with van der Waals surface area (Å²) in [5, 5.41) is 10.4. The Morgan fingerprint density at radius 1 is 1.60 bits per heavy atom. The Kier molecular flexibility index (Phi) is 5.68. The summed E-state index contributed by atoms with van der Waals surface area (Å²) in [6, 6.07) is 3.76. The highest BCUT2D eigenvalue weighted by Gasteiger charge is 2.08. The average molecular weight is 227 g/mol. The lowest BCUT2D eigenvalue weighted by atomic mass is 10.2. The Bertz CT molecular complexity index is 292. The van der Waals surface area contributed by atoms with Crippen LogP contribution < -0.4 is 0 Å². The second-order valence-electron chi connectivity index (χ2n) is 3.27. The predicted octanol–water partition coefficient (Wildman–Crippen LogP) is 2.26. The molecule has 84 valence electrons. The predicted molar refractivity (Wildman–Crippen MR) is 62.1 cm³/mol. The Labute approximate surface area is 94.9 Å². The highest BCUT2D eigenvalue weighted by Crippen LogP contribution is 2.25. The molecule has 0 aliphatic carbocycles. The fourth-order valence-electron chi connectivity index (χ4n) is 1.21. The van der Waals surface area contributed by atoms with Gasteiger partial charge in [-0.2, -0.15) is 0 Å². The van der Waals surface area contributed by atoms with E-state index in [2.05, 4.69) is 4.98 Å². The largest absolute Gasteiger partial charge is 0.389 e. The molecule has 3 nitrogen and oxygen atoms in total. The van der Waals surface area contributed by atoms with Crippen LogP contribution in [0, 0.1) is 0 Å². The van der Waals surface area contributed by atoms with Crippen molar-refractivity contribution < 1.29 is 9.84 Å². The number of hydrogen-bond donors (Lipinski definition) is 1. The van der Waals surface area contributed by atoms with E-state index in [1.165, 1.54) is 0 Å². The van der Waals surface area contributed by atoms with Crippen molar-refractivity contribution in [3.05, 3.63) is 23.9 Å². The van der Waals surface area contributed by atoms with Crippen molar-refractivity contribution in [1.29, 1.82) is 0 Å². The lowest BCUT2D eigenvalue weighted by molar-refractivity contribution is 0.195. The molecular formula is C11H17NO2S. The first-order chi connectivity index (χ1) is 7.25. The van der Waals surface area contributed by atoms with Gasteiger partial charge >= 0.3 is 0 Å². The maximum Gasteiger partial charge on any atom is 0.102 e. The summed E-state index contributed by atoms with van der Waals surface area (Å²) in [6.45, 7) is 2.53. The molecule has 4 heteroatoms. The number of aromatic nitrogens is 1. The number of hydrogen-bond acceptors (Lipinski definition) is 4. The second kappa shape index (κ2) is 6.82. The molecule has 1 N–H and O–H groups in total. The van der Waals surface area contributed by atoms with Crippen LogP contribution in [-0.4, -0.2) is 29.6 Å². The highest BCUT2D eigenvalue weighted by atomic mass is 32.2. The monoisotopic (exact) mass is 227 g/mol. The average Bonchev–Trinajstić information content (AvgIpc) is 2.25. The Morgan fingerprint density at radius 2 is 2.40 bits per heavy atom. The van der Waals surface area contributed by atoms with Crippen molar-refractivity contribution in [2.45, 2.75) is 24.5 Å². The number of rotatable bonds is 6. The molecule has 0 saturated carbocycles. The first kappa shape index (κ1) is 12.5. The summed E-state index contributed by atoms with van der Waals surface area (Å²) in [5.74, 6) is 0.963. The molecule has 1 atom stereocenters. The molecule has 1 heterocycles. The van der Waals surface area contributed by atoms with Crippen LogP contribution in [0.3, 0.4) is 0 Å². The van der Waals surface area contributed by atoms with Crippen molar-refractivity contribution in [1.82, 2.24) is 4.98 Å². The molecule has 0 amide bonds. The number of aliphatic hydroxyl groups is 1. The smallest absolute Gasteiger partial charge is 0.102 e. The molecule has 0 aromatic carbocycles. The minimum absolute atomic E-state index is 0.455. The van der Waals surface area contributed by atoms with E-state index in [9.17, 15) is 5.11 Å². The summed E-state index contributed by atoms with van der Waals surface area (Å²) >= 11 is 1.66. The molecule has 0 spiro atoms. The van der Waals surface area contributed by atoms with Gasteiger partial charge in [0.1, 0.15) is 5.03 Å². The fraction of sp³-hybridized carbons (Fsp3) is 0.545. The van der Waals surface area contributed by atoms with Gasteiger partial charge in [-0.15, -0.1) is 11.8 Å². The minimum Gasteiger partial charge on any atom is -0.389 e. The van der Waals surface area contributed by atoms with Gasteiger partial charge in [-0.3, -0.25) is 0 Å². The third kappa shape index (κ3) is 4.20. The Hall–Kier alpha value is -0.580. The van der Waals surface area contributed by atoms with Crippen LogP contribution in [0.15, 0.2) is 23.4 Å². The normalized spacial score (nSPS) is 12.7. The van der Waals surface area contributed by atoms with Crippen LogP contribution in [-0.2, 0) is 4.74 Å². The van der Waals surface area contributed by atoms with E-state index in [1.807, 2.05) is 12.1 Å². The second-order valence-corrected chi connectivity index (χ2v) is 4.35.